The molecule has 0 bridgehead atoms. The zero-order valence-electron chi connectivity index (χ0n) is 9.83. The fourth-order valence-electron chi connectivity index (χ4n) is 1.37. The molecule has 1 rings (SSSR count). The number of unbranched alkanes of at least 4 members (excludes halogenated alkanes) is 1. The second-order valence-corrected chi connectivity index (χ2v) is 3.64. The smallest absolute Gasteiger partial charge is 0.224 e. The zero-order chi connectivity index (χ0) is 12.7. The molecule has 1 aromatic rings. The van der Waals surface area contributed by atoms with Crippen molar-refractivity contribution >= 4 is 11.6 Å². The molecule has 0 aliphatic carbocycles. The van der Waals surface area contributed by atoms with E-state index in [0.29, 0.717) is 25.1 Å². The Kier molecular flexibility index (Phi) is 5.42. The summed E-state index contributed by atoms with van der Waals surface area (Å²) >= 11 is 0. The SMILES string of the molecule is COc1ccc(F)c(NC(=O)CCCCN)c1. The molecule has 0 spiro atoms. The Balaban J connectivity index is 2.57. The van der Waals surface area contributed by atoms with Gasteiger partial charge in [-0.15, -0.1) is 0 Å². The van der Waals surface area contributed by atoms with E-state index in [1.807, 2.05) is 0 Å². The molecule has 0 saturated carbocycles. The maximum absolute atomic E-state index is 13.4. The molecule has 5 heteroatoms. The molecule has 17 heavy (non-hydrogen) atoms. The number of nitrogens with two attached hydrogens (primary N) is 1. The summed E-state index contributed by atoms with van der Waals surface area (Å²) in [5.41, 5.74) is 5.46. The lowest BCUT2D eigenvalue weighted by Crippen LogP contribution is -2.13. The molecule has 0 atom stereocenters. The molecule has 0 aliphatic rings. The van der Waals surface area contributed by atoms with E-state index in [9.17, 15) is 9.18 Å². The van der Waals surface area contributed by atoms with Crippen molar-refractivity contribution in [1.29, 1.82) is 0 Å². The molecule has 1 amide bonds. The van der Waals surface area contributed by atoms with E-state index in [-0.39, 0.29) is 11.6 Å². The predicted molar refractivity (Wildman–Crippen MR) is 64.5 cm³/mol. The van der Waals surface area contributed by atoms with Crippen LogP contribution in [0.4, 0.5) is 10.1 Å². The van der Waals surface area contributed by atoms with E-state index < -0.39 is 5.82 Å². The first kappa shape index (κ1) is 13.4. The fourth-order valence-corrected chi connectivity index (χ4v) is 1.37. The third-order valence-corrected chi connectivity index (χ3v) is 2.31. The molecule has 3 N–H and O–H groups in total. The van der Waals surface area contributed by atoms with Gasteiger partial charge in [-0.1, -0.05) is 0 Å². The minimum absolute atomic E-state index is 0.141. The van der Waals surface area contributed by atoms with Gasteiger partial charge in [0.15, 0.2) is 0 Å². The van der Waals surface area contributed by atoms with Crippen LogP contribution in [0.15, 0.2) is 18.2 Å². The summed E-state index contributed by atoms with van der Waals surface area (Å²) in [5, 5.41) is 2.51. The van der Waals surface area contributed by atoms with Crippen LogP contribution in [0.25, 0.3) is 0 Å². The first-order chi connectivity index (χ1) is 8.17. The van der Waals surface area contributed by atoms with Crippen molar-refractivity contribution in [3.63, 3.8) is 0 Å². The Labute approximate surface area is 100.0 Å². The Bertz CT molecular complexity index is 383. The van der Waals surface area contributed by atoms with Crippen molar-refractivity contribution in [3.8, 4) is 5.75 Å². The monoisotopic (exact) mass is 240 g/mol. The summed E-state index contributed by atoms with van der Waals surface area (Å²) in [7, 11) is 1.49. The Morgan fingerprint density at radius 1 is 1.47 bits per heavy atom. The van der Waals surface area contributed by atoms with Crippen molar-refractivity contribution in [3.05, 3.63) is 24.0 Å². The summed E-state index contributed by atoms with van der Waals surface area (Å²) in [6.07, 6.45) is 1.83. The lowest BCUT2D eigenvalue weighted by molar-refractivity contribution is -0.116. The van der Waals surface area contributed by atoms with Crippen LogP contribution in [0.2, 0.25) is 0 Å². The van der Waals surface area contributed by atoms with Crippen LogP contribution in [0.3, 0.4) is 0 Å². The van der Waals surface area contributed by atoms with Gasteiger partial charge in [0.05, 0.1) is 12.8 Å². The molecule has 0 saturated heterocycles. The number of nitrogens with one attached hydrogen (secondary N) is 1. The van der Waals surface area contributed by atoms with Crippen molar-refractivity contribution < 1.29 is 13.9 Å². The Hall–Kier alpha value is -1.62. The van der Waals surface area contributed by atoms with Crippen molar-refractivity contribution in [2.24, 2.45) is 5.73 Å². The van der Waals surface area contributed by atoms with Gasteiger partial charge in [-0.25, -0.2) is 4.39 Å². The highest BCUT2D eigenvalue weighted by atomic mass is 19.1. The van der Waals surface area contributed by atoms with Gasteiger partial charge in [-0.05, 0) is 31.5 Å². The number of hydrogen-bond acceptors (Lipinski definition) is 3. The van der Waals surface area contributed by atoms with E-state index in [1.165, 1.54) is 25.3 Å². The number of benzene rings is 1. The minimum atomic E-state index is -0.474. The van der Waals surface area contributed by atoms with Gasteiger partial charge in [0.25, 0.3) is 0 Å². The molecule has 0 heterocycles. The number of ether oxygens (including phenoxy) is 1. The van der Waals surface area contributed by atoms with Crippen LogP contribution in [0.5, 0.6) is 5.75 Å². The predicted octanol–water partition coefficient (Wildman–Crippen LogP) is 1.90. The average molecular weight is 240 g/mol. The lowest BCUT2D eigenvalue weighted by Gasteiger charge is -2.08. The maximum Gasteiger partial charge on any atom is 0.224 e. The highest BCUT2D eigenvalue weighted by Gasteiger charge is 2.07. The fraction of sp³-hybridized carbons (Fsp3) is 0.417. The Morgan fingerprint density at radius 3 is 2.88 bits per heavy atom. The second kappa shape index (κ2) is 6.85. The number of methoxy groups -OCH3 is 1. The normalized spacial score (nSPS) is 10.1. The summed E-state index contributed by atoms with van der Waals surface area (Å²) in [6.45, 7) is 0.556. The summed E-state index contributed by atoms with van der Waals surface area (Å²) < 4.78 is 18.3. The van der Waals surface area contributed by atoms with Crippen LogP contribution in [-0.2, 0) is 4.79 Å². The molecule has 0 radical (unpaired) electrons. The maximum atomic E-state index is 13.4. The zero-order valence-corrected chi connectivity index (χ0v) is 9.83. The van der Waals surface area contributed by atoms with Crippen molar-refractivity contribution in [2.75, 3.05) is 19.0 Å². The number of rotatable bonds is 6. The summed E-state index contributed by atoms with van der Waals surface area (Å²) in [4.78, 5) is 11.5. The van der Waals surface area contributed by atoms with Crippen molar-refractivity contribution in [1.82, 2.24) is 0 Å². The molecule has 0 fully saturated rings. The van der Waals surface area contributed by atoms with E-state index in [2.05, 4.69) is 5.32 Å². The van der Waals surface area contributed by atoms with Crippen LogP contribution < -0.4 is 15.8 Å². The minimum Gasteiger partial charge on any atom is -0.497 e. The van der Waals surface area contributed by atoms with Gasteiger partial charge < -0.3 is 15.8 Å². The largest absolute Gasteiger partial charge is 0.497 e. The third kappa shape index (κ3) is 4.40. The van der Waals surface area contributed by atoms with Gasteiger partial charge in [-0.2, -0.15) is 0 Å². The van der Waals surface area contributed by atoms with E-state index >= 15 is 0 Å². The summed E-state index contributed by atoms with van der Waals surface area (Å²) in [5.74, 6) is -0.188. The van der Waals surface area contributed by atoms with Gasteiger partial charge >= 0.3 is 0 Å². The molecule has 0 unspecified atom stereocenters. The number of anilines is 1. The van der Waals surface area contributed by atoms with Gasteiger partial charge in [0.2, 0.25) is 5.91 Å². The van der Waals surface area contributed by atoms with Crippen LogP contribution >= 0.6 is 0 Å². The topological polar surface area (TPSA) is 64.3 Å². The molecule has 4 nitrogen and oxygen atoms in total. The van der Waals surface area contributed by atoms with Gasteiger partial charge in [0.1, 0.15) is 11.6 Å². The first-order valence-electron chi connectivity index (χ1n) is 5.51. The molecule has 94 valence electrons. The van der Waals surface area contributed by atoms with Crippen LogP contribution in [0, 0.1) is 5.82 Å². The van der Waals surface area contributed by atoms with Crippen molar-refractivity contribution in [2.45, 2.75) is 19.3 Å². The quantitative estimate of drug-likeness (QED) is 0.746. The number of halogens is 1. The molecular weight excluding hydrogens is 223 g/mol. The summed E-state index contributed by atoms with van der Waals surface area (Å²) in [6, 6.07) is 4.21. The number of hydrogen-bond donors (Lipinski definition) is 2. The van der Waals surface area contributed by atoms with Gasteiger partial charge in [-0.3, -0.25) is 4.79 Å². The van der Waals surface area contributed by atoms with Crippen LogP contribution in [0.1, 0.15) is 19.3 Å². The standard InChI is InChI=1S/C12H17FN2O2/c1-17-9-5-6-10(13)11(8-9)15-12(16)4-2-3-7-14/h5-6,8H,2-4,7,14H2,1H3,(H,15,16). The highest BCUT2D eigenvalue weighted by Crippen LogP contribution is 2.21. The first-order valence-corrected chi connectivity index (χ1v) is 5.51. The average Bonchev–Trinajstić information content (AvgIpc) is 2.32. The number of amides is 1. The molecule has 0 aromatic heterocycles. The highest BCUT2D eigenvalue weighted by molar-refractivity contribution is 5.91. The lowest BCUT2D eigenvalue weighted by atomic mass is 10.2. The molecular formula is C12H17FN2O2. The molecule has 0 aliphatic heterocycles. The van der Waals surface area contributed by atoms with E-state index in [4.69, 9.17) is 10.5 Å². The Morgan fingerprint density at radius 2 is 2.24 bits per heavy atom. The van der Waals surface area contributed by atoms with Gasteiger partial charge in [0, 0.05) is 12.5 Å². The van der Waals surface area contributed by atoms with E-state index in [0.717, 1.165) is 6.42 Å². The number of carbonyl (C=O) groups is 1. The van der Waals surface area contributed by atoms with Crippen LogP contribution in [-0.4, -0.2) is 19.6 Å². The second-order valence-electron chi connectivity index (χ2n) is 3.64. The molecule has 1 aromatic carbocycles. The van der Waals surface area contributed by atoms with E-state index in [1.54, 1.807) is 0 Å². The number of carbonyl (C=O) groups excluding carboxylic acids is 1. The third-order valence-electron chi connectivity index (χ3n) is 2.31.